The molecule has 2 N–H and O–H groups in total. The van der Waals surface area contributed by atoms with Gasteiger partial charge in [0.2, 0.25) is 5.22 Å². The number of aliphatic carboxylic acids is 1. The van der Waals surface area contributed by atoms with Gasteiger partial charge in [0, 0.05) is 6.42 Å². The monoisotopic (exact) mass is 293 g/mol. The number of nitrogens with one attached hydrogen (secondary N) is 1. The van der Waals surface area contributed by atoms with Gasteiger partial charge in [-0.3, -0.25) is 4.79 Å². The van der Waals surface area contributed by atoms with E-state index in [1.54, 1.807) is 12.1 Å². The van der Waals surface area contributed by atoms with Gasteiger partial charge < -0.3 is 14.8 Å². The van der Waals surface area contributed by atoms with E-state index in [0.717, 1.165) is 5.56 Å². The van der Waals surface area contributed by atoms with E-state index >= 15 is 0 Å². The van der Waals surface area contributed by atoms with Crippen LogP contribution in [0.15, 0.2) is 47.1 Å². The van der Waals surface area contributed by atoms with Gasteiger partial charge in [0.05, 0.1) is 11.8 Å². The molecule has 1 aromatic carbocycles. The van der Waals surface area contributed by atoms with Crippen LogP contribution in [0.3, 0.4) is 0 Å². The van der Waals surface area contributed by atoms with Crippen LogP contribution in [0.2, 0.25) is 5.22 Å². The van der Waals surface area contributed by atoms with Gasteiger partial charge in [-0.25, -0.2) is 4.79 Å². The maximum Gasteiger partial charge on any atom is 0.326 e. The Morgan fingerprint density at radius 3 is 2.50 bits per heavy atom. The summed E-state index contributed by atoms with van der Waals surface area (Å²) >= 11 is 5.68. The predicted molar refractivity (Wildman–Crippen MR) is 72.8 cm³/mol. The number of halogens is 1. The van der Waals surface area contributed by atoms with Crippen LogP contribution in [0.4, 0.5) is 0 Å². The second kappa shape index (κ2) is 6.25. The lowest BCUT2D eigenvalue weighted by molar-refractivity contribution is -0.139. The van der Waals surface area contributed by atoms with Crippen molar-refractivity contribution in [3.8, 4) is 0 Å². The molecule has 20 heavy (non-hydrogen) atoms. The third-order valence-corrected chi connectivity index (χ3v) is 3.04. The van der Waals surface area contributed by atoms with Gasteiger partial charge in [-0.2, -0.15) is 0 Å². The Kier molecular flexibility index (Phi) is 4.42. The van der Waals surface area contributed by atoms with Gasteiger partial charge in [0.15, 0.2) is 0 Å². The van der Waals surface area contributed by atoms with Crippen molar-refractivity contribution in [1.29, 1.82) is 0 Å². The van der Waals surface area contributed by atoms with Crippen molar-refractivity contribution in [2.24, 2.45) is 0 Å². The van der Waals surface area contributed by atoms with Crippen molar-refractivity contribution in [2.75, 3.05) is 0 Å². The Morgan fingerprint density at radius 1 is 1.25 bits per heavy atom. The normalized spacial score (nSPS) is 11.8. The van der Waals surface area contributed by atoms with Crippen LogP contribution in [-0.2, 0) is 11.2 Å². The Balaban J connectivity index is 2.09. The Labute approximate surface area is 120 Å². The van der Waals surface area contributed by atoms with Crippen LogP contribution in [0.1, 0.15) is 15.9 Å². The number of hydrogen-bond acceptors (Lipinski definition) is 3. The molecule has 0 fully saturated rings. The molecular weight excluding hydrogens is 282 g/mol. The molecule has 0 bridgehead atoms. The highest BCUT2D eigenvalue weighted by Gasteiger charge is 2.23. The van der Waals surface area contributed by atoms with Gasteiger partial charge in [-0.1, -0.05) is 30.3 Å². The van der Waals surface area contributed by atoms with E-state index in [9.17, 15) is 14.7 Å². The van der Waals surface area contributed by atoms with Crippen molar-refractivity contribution in [3.05, 3.63) is 59.0 Å². The van der Waals surface area contributed by atoms with Gasteiger partial charge in [-0.15, -0.1) is 0 Å². The average Bonchev–Trinajstić information content (AvgIpc) is 2.85. The zero-order chi connectivity index (χ0) is 14.5. The van der Waals surface area contributed by atoms with Gasteiger partial charge in [0.25, 0.3) is 5.91 Å². The molecule has 1 unspecified atom stereocenters. The number of hydrogen-bond donors (Lipinski definition) is 2. The van der Waals surface area contributed by atoms with E-state index in [0.29, 0.717) is 0 Å². The number of rotatable bonds is 5. The number of furan rings is 1. The van der Waals surface area contributed by atoms with E-state index in [1.807, 2.05) is 18.2 Å². The number of carbonyl (C=O) groups is 2. The molecule has 1 atom stereocenters. The van der Waals surface area contributed by atoms with E-state index in [1.165, 1.54) is 12.3 Å². The lowest BCUT2D eigenvalue weighted by atomic mass is 10.1. The molecule has 1 amide bonds. The topological polar surface area (TPSA) is 79.5 Å². The van der Waals surface area contributed by atoms with Crippen molar-refractivity contribution >= 4 is 23.5 Å². The molecule has 5 nitrogen and oxygen atoms in total. The lowest BCUT2D eigenvalue weighted by Gasteiger charge is -2.14. The molecule has 0 radical (unpaired) electrons. The Morgan fingerprint density at radius 2 is 1.95 bits per heavy atom. The first-order chi connectivity index (χ1) is 9.58. The molecule has 2 aromatic rings. The number of amides is 1. The Hall–Kier alpha value is -2.27. The SMILES string of the molecule is O=C(NC(Cc1ccccc1)C(=O)O)c1ccoc1Cl. The minimum Gasteiger partial charge on any atom is -0.480 e. The van der Waals surface area contributed by atoms with E-state index in [4.69, 9.17) is 16.0 Å². The second-order valence-corrected chi connectivity index (χ2v) is 4.51. The highest BCUT2D eigenvalue weighted by atomic mass is 35.5. The highest BCUT2D eigenvalue weighted by molar-refractivity contribution is 6.32. The fourth-order valence-electron chi connectivity index (χ4n) is 1.74. The van der Waals surface area contributed by atoms with Crippen molar-refractivity contribution < 1.29 is 19.1 Å². The van der Waals surface area contributed by atoms with Gasteiger partial charge in [0.1, 0.15) is 6.04 Å². The van der Waals surface area contributed by atoms with Crippen LogP contribution in [0, 0.1) is 0 Å². The molecular formula is C14H12ClNO4. The summed E-state index contributed by atoms with van der Waals surface area (Å²) in [5, 5.41) is 11.5. The number of carbonyl (C=O) groups excluding carboxylic acids is 1. The summed E-state index contributed by atoms with van der Waals surface area (Å²) in [6.45, 7) is 0. The minimum atomic E-state index is -1.11. The van der Waals surface area contributed by atoms with E-state index < -0.39 is 17.9 Å². The van der Waals surface area contributed by atoms with Crippen LogP contribution < -0.4 is 5.32 Å². The van der Waals surface area contributed by atoms with Crippen molar-refractivity contribution in [2.45, 2.75) is 12.5 Å². The molecule has 104 valence electrons. The maximum atomic E-state index is 11.9. The smallest absolute Gasteiger partial charge is 0.326 e. The molecule has 0 aliphatic carbocycles. The summed E-state index contributed by atoms with van der Waals surface area (Å²) in [6.07, 6.45) is 1.46. The third kappa shape index (κ3) is 3.39. The van der Waals surface area contributed by atoms with E-state index in [-0.39, 0.29) is 17.2 Å². The summed E-state index contributed by atoms with van der Waals surface area (Å²) in [5.74, 6) is -1.69. The largest absolute Gasteiger partial charge is 0.480 e. The fraction of sp³-hybridized carbons (Fsp3) is 0.143. The number of benzene rings is 1. The first kappa shape index (κ1) is 14.1. The van der Waals surface area contributed by atoms with E-state index in [2.05, 4.69) is 5.32 Å². The number of carboxylic acid groups (broad SMARTS) is 1. The summed E-state index contributed by atoms with van der Waals surface area (Å²) in [4.78, 5) is 23.1. The quantitative estimate of drug-likeness (QED) is 0.887. The second-order valence-electron chi connectivity index (χ2n) is 4.16. The zero-order valence-corrected chi connectivity index (χ0v) is 11.1. The van der Waals surface area contributed by atoms with Crippen LogP contribution >= 0.6 is 11.6 Å². The van der Waals surface area contributed by atoms with Crippen LogP contribution in [-0.4, -0.2) is 23.0 Å². The molecule has 0 aliphatic rings. The van der Waals surface area contributed by atoms with Crippen LogP contribution in [0.25, 0.3) is 0 Å². The highest BCUT2D eigenvalue weighted by Crippen LogP contribution is 2.16. The standard InChI is InChI=1S/C14H12ClNO4/c15-12-10(6-7-20-12)13(17)16-11(14(18)19)8-9-4-2-1-3-5-9/h1-7,11H,8H2,(H,16,17)(H,18,19). The molecule has 1 heterocycles. The molecule has 6 heteroatoms. The summed E-state index contributed by atoms with van der Waals surface area (Å²) < 4.78 is 4.80. The summed E-state index contributed by atoms with van der Waals surface area (Å²) in [6, 6.07) is 9.41. The Bertz CT molecular complexity index is 609. The molecule has 0 saturated heterocycles. The fourth-order valence-corrected chi connectivity index (χ4v) is 1.94. The van der Waals surface area contributed by atoms with Crippen LogP contribution in [0.5, 0.6) is 0 Å². The first-order valence-corrected chi connectivity index (χ1v) is 6.26. The van der Waals surface area contributed by atoms with Crippen molar-refractivity contribution in [3.63, 3.8) is 0 Å². The maximum absolute atomic E-state index is 11.9. The average molecular weight is 294 g/mol. The molecule has 2 rings (SSSR count). The van der Waals surface area contributed by atoms with Crippen molar-refractivity contribution in [1.82, 2.24) is 5.32 Å². The molecule has 0 spiro atoms. The molecule has 1 aromatic heterocycles. The lowest BCUT2D eigenvalue weighted by Crippen LogP contribution is -2.42. The predicted octanol–water partition coefficient (Wildman–Crippen LogP) is 2.36. The first-order valence-electron chi connectivity index (χ1n) is 5.88. The zero-order valence-electron chi connectivity index (χ0n) is 10.4. The minimum absolute atomic E-state index is 0.0636. The molecule has 0 saturated carbocycles. The van der Waals surface area contributed by atoms with Gasteiger partial charge in [-0.05, 0) is 23.2 Å². The summed E-state index contributed by atoms with van der Waals surface area (Å²) in [5.41, 5.74) is 0.935. The summed E-state index contributed by atoms with van der Waals surface area (Å²) in [7, 11) is 0. The molecule has 0 aliphatic heterocycles. The van der Waals surface area contributed by atoms with Gasteiger partial charge >= 0.3 is 5.97 Å². The number of carboxylic acids is 1. The third-order valence-electron chi connectivity index (χ3n) is 2.75.